The van der Waals surface area contributed by atoms with E-state index >= 15 is 0 Å². The molecule has 1 fully saturated rings. The number of likely N-dealkylation sites (tertiary alicyclic amines) is 1. The summed E-state index contributed by atoms with van der Waals surface area (Å²) in [4.78, 5) is 6.86. The summed E-state index contributed by atoms with van der Waals surface area (Å²) in [5.41, 5.74) is 6.97. The standard InChI is InChI=1S/C16H22N4O/c17-10-14-7-4-8-20(11-14)12-16-18-15(19-21-16)9-13-5-2-1-3-6-13/h1-3,5-6,14H,4,7-12,17H2. The Morgan fingerprint density at radius 2 is 2.14 bits per heavy atom. The second-order valence-corrected chi connectivity index (χ2v) is 5.75. The molecule has 2 aromatic rings. The van der Waals surface area contributed by atoms with Gasteiger partial charge in [-0.25, -0.2) is 0 Å². The van der Waals surface area contributed by atoms with Crippen molar-refractivity contribution in [3.63, 3.8) is 0 Å². The van der Waals surface area contributed by atoms with Gasteiger partial charge in [0.05, 0.1) is 6.54 Å². The quantitative estimate of drug-likeness (QED) is 0.908. The number of aromatic nitrogens is 2. The van der Waals surface area contributed by atoms with Crippen LogP contribution in [-0.4, -0.2) is 34.7 Å². The Morgan fingerprint density at radius 1 is 1.29 bits per heavy atom. The first-order valence-electron chi connectivity index (χ1n) is 7.61. The minimum Gasteiger partial charge on any atom is -0.338 e. The van der Waals surface area contributed by atoms with E-state index in [1.54, 1.807) is 0 Å². The Balaban J connectivity index is 1.57. The van der Waals surface area contributed by atoms with Gasteiger partial charge in [0, 0.05) is 13.0 Å². The zero-order valence-corrected chi connectivity index (χ0v) is 12.2. The van der Waals surface area contributed by atoms with Gasteiger partial charge in [-0.2, -0.15) is 4.98 Å². The SMILES string of the molecule is NCC1CCCN(Cc2nc(Cc3ccccc3)no2)C1. The van der Waals surface area contributed by atoms with Crippen LogP contribution in [0.15, 0.2) is 34.9 Å². The van der Waals surface area contributed by atoms with Gasteiger partial charge < -0.3 is 10.3 Å². The van der Waals surface area contributed by atoms with Gasteiger partial charge >= 0.3 is 0 Å². The van der Waals surface area contributed by atoms with E-state index in [0.29, 0.717) is 11.8 Å². The molecule has 0 bridgehead atoms. The second-order valence-electron chi connectivity index (χ2n) is 5.75. The molecule has 1 aromatic carbocycles. The van der Waals surface area contributed by atoms with Crippen LogP contribution in [0.3, 0.4) is 0 Å². The predicted octanol–water partition coefficient (Wildman–Crippen LogP) is 1.83. The largest absolute Gasteiger partial charge is 0.338 e. The van der Waals surface area contributed by atoms with Gasteiger partial charge in [-0.3, -0.25) is 4.90 Å². The molecule has 0 amide bonds. The number of benzene rings is 1. The normalized spacial score (nSPS) is 19.8. The fraction of sp³-hybridized carbons (Fsp3) is 0.500. The van der Waals surface area contributed by atoms with Gasteiger partial charge in [-0.15, -0.1) is 0 Å². The van der Waals surface area contributed by atoms with Crippen LogP contribution in [0.5, 0.6) is 0 Å². The second kappa shape index (κ2) is 6.83. The zero-order chi connectivity index (χ0) is 14.5. The lowest BCUT2D eigenvalue weighted by atomic mass is 9.98. The molecule has 2 heterocycles. The average Bonchev–Trinajstić information content (AvgIpc) is 2.95. The van der Waals surface area contributed by atoms with Gasteiger partial charge in [0.2, 0.25) is 5.89 Å². The Bertz CT molecular complexity index is 554. The average molecular weight is 286 g/mol. The minimum absolute atomic E-state index is 0.602. The van der Waals surface area contributed by atoms with E-state index in [1.807, 2.05) is 18.2 Å². The maximum atomic E-state index is 5.77. The molecule has 112 valence electrons. The van der Waals surface area contributed by atoms with Crippen LogP contribution in [0.25, 0.3) is 0 Å². The molecule has 1 atom stereocenters. The van der Waals surface area contributed by atoms with Gasteiger partial charge in [0.15, 0.2) is 5.82 Å². The number of nitrogens with two attached hydrogens (primary N) is 1. The summed E-state index contributed by atoms with van der Waals surface area (Å²) in [6.07, 6.45) is 3.15. The molecule has 1 unspecified atom stereocenters. The molecule has 1 aliphatic heterocycles. The molecule has 1 saturated heterocycles. The topological polar surface area (TPSA) is 68.2 Å². The Morgan fingerprint density at radius 3 is 2.95 bits per heavy atom. The highest BCUT2D eigenvalue weighted by atomic mass is 16.5. The lowest BCUT2D eigenvalue weighted by Crippen LogP contribution is -2.37. The third kappa shape index (κ3) is 3.89. The number of rotatable bonds is 5. The summed E-state index contributed by atoms with van der Waals surface area (Å²) >= 11 is 0. The van der Waals surface area contributed by atoms with Crippen molar-refractivity contribution in [3.05, 3.63) is 47.6 Å². The van der Waals surface area contributed by atoms with Crippen molar-refractivity contribution in [3.8, 4) is 0 Å². The first-order valence-corrected chi connectivity index (χ1v) is 7.61. The van der Waals surface area contributed by atoms with E-state index in [-0.39, 0.29) is 0 Å². The number of nitrogens with zero attached hydrogens (tertiary/aromatic N) is 3. The van der Waals surface area contributed by atoms with Crippen molar-refractivity contribution in [2.24, 2.45) is 11.7 Å². The molecule has 5 nitrogen and oxygen atoms in total. The van der Waals surface area contributed by atoms with E-state index in [1.165, 1.54) is 18.4 Å². The first-order chi connectivity index (χ1) is 10.3. The number of hydrogen-bond acceptors (Lipinski definition) is 5. The third-order valence-electron chi connectivity index (χ3n) is 4.01. The minimum atomic E-state index is 0.602. The number of hydrogen-bond donors (Lipinski definition) is 1. The van der Waals surface area contributed by atoms with Crippen molar-refractivity contribution in [1.82, 2.24) is 15.0 Å². The van der Waals surface area contributed by atoms with Crippen LogP contribution in [-0.2, 0) is 13.0 Å². The van der Waals surface area contributed by atoms with Gasteiger partial charge in [0.1, 0.15) is 0 Å². The van der Waals surface area contributed by atoms with E-state index in [4.69, 9.17) is 10.3 Å². The van der Waals surface area contributed by atoms with Gasteiger partial charge in [0.25, 0.3) is 0 Å². The number of piperidine rings is 1. The zero-order valence-electron chi connectivity index (χ0n) is 12.2. The third-order valence-corrected chi connectivity index (χ3v) is 4.01. The fourth-order valence-corrected chi connectivity index (χ4v) is 2.88. The lowest BCUT2D eigenvalue weighted by Gasteiger charge is -2.30. The van der Waals surface area contributed by atoms with E-state index < -0.39 is 0 Å². The highest BCUT2D eigenvalue weighted by molar-refractivity contribution is 5.18. The molecular weight excluding hydrogens is 264 g/mol. The van der Waals surface area contributed by atoms with Crippen LogP contribution in [0.4, 0.5) is 0 Å². The van der Waals surface area contributed by atoms with Crippen LogP contribution in [0.2, 0.25) is 0 Å². The molecular formula is C16H22N4O. The Hall–Kier alpha value is -1.72. The summed E-state index contributed by atoms with van der Waals surface area (Å²) in [6, 6.07) is 10.2. The van der Waals surface area contributed by atoms with Crippen molar-refractivity contribution < 1.29 is 4.52 Å². The van der Waals surface area contributed by atoms with Crippen LogP contribution in [0.1, 0.15) is 30.1 Å². The summed E-state index contributed by atoms with van der Waals surface area (Å²) in [5.74, 6) is 2.06. The molecule has 3 rings (SSSR count). The Labute approximate surface area is 125 Å². The molecule has 0 radical (unpaired) electrons. The molecule has 1 aromatic heterocycles. The van der Waals surface area contributed by atoms with Gasteiger partial charge in [-0.1, -0.05) is 35.5 Å². The predicted molar refractivity (Wildman–Crippen MR) is 80.6 cm³/mol. The molecule has 5 heteroatoms. The summed E-state index contributed by atoms with van der Waals surface area (Å²) in [6.45, 7) is 3.62. The molecule has 0 saturated carbocycles. The lowest BCUT2D eigenvalue weighted by molar-refractivity contribution is 0.153. The molecule has 21 heavy (non-hydrogen) atoms. The highest BCUT2D eigenvalue weighted by Crippen LogP contribution is 2.17. The smallest absolute Gasteiger partial charge is 0.240 e. The summed E-state index contributed by atoms with van der Waals surface area (Å²) in [5, 5.41) is 4.08. The first kappa shape index (κ1) is 14.2. The summed E-state index contributed by atoms with van der Waals surface area (Å²) in [7, 11) is 0. The maximum Gasteiger partial charge on any atom is 0.240 e. The molecule has 1 aliphatic rings. The van der Waals surface area contributed by atoms with Crippen molar-refractivity contribution in [1.29, 1.82) is 0 Å². The van der Waals surface area contributed by atoms with Crippen LogP contribution < -0.4 is 5.73 Å². The molecule has 0 aliphatic carbocycles. The van der Waals surface area contributed by atoms with Crippen LogP contribution in [0, 0.1) is 5.92 Å². The van der Waals surface area contributed by atoms with Crippen molar-refractivity contribution >= 4 is 0 Å². The maximum absolute atomic E-state index is 5.77. The van der Waals surface area contributed by atoms with Crippen molar-refractivity contribution in [2.45, 2.75) is 25.8 Å². The molecule has 2 N–H and O–H groups in total. The summed E-state index contributed by atoms with van der Waals surface area (Å²) < 4.78 is 5.37. The van der Waals surface area contributed by atoms with E-state index in [9.17, 15) is 0 Å². The molecule has 0 spiro atoms. The Kier molecular flexibility index (Phi) is 4.62. The van der Waals surface area contributed by atoms with E-state index in [2.05, 4.69) is 27.2 Å². The van der Waals surface area contributed by atoms with Crippen LogP contribution >= 0.6 is 0 Å². The highest BCUT2D eigenvalue weighted by Gasteiger charge is 2.20. The van der Waals surface area contributed by atoms with Crippen molar-refractivity contribution in [2.75, 3.05) is 19.6 Å². The monoisotopic (exact) mass is 286 g/mol. The van der Waals surface area contributed by atoms with E-state index in [0.717, 1.165) is 38.4 Å². The van der Waals surface area contributed by atoms with Gasteiger partial charge in [-0.05, 0) is 37.4 Å². The fourth-order valence-electron chi connectivity index (χ4n) is 2.88.